The van der Waals surface area contributed by atoms with E-state index in [1.165, 1.54) is 8.27 Å². The van der Waals surface area contributed by atoms with Gasteiger partial charge in [-0.25, -0.2) is 4.98 Å². The van der Waals surface area contributed by atoms with E-state index in [1.54, 1.807) is 11.3 Å². The lowest BCUT2D eigenvalue weighted by Gasteiger charge is -1.93. The van der Waals surface area contributed by atoms with Crippen LogP contribution in [0.1, 0.15) is 0 Å². The SMILES string of the molecule is Brc1cc(I)cc2ncsc12. The van der Waals surface area contributed by atoms with E-state index in [-0.39, 0.29) is 0 Å². The fraction of sp³-hybridized carbons (Fsp3) is 0. The molecule has 0 amide bonds. The summed E-state index contributed by atoms with van der Waals surface area (Å²) < 4.78 is 3.58. The van der Waals surface area contributed by atoms with Gasteiger partial charge in [-0.1, -0.05) is 0 Å². The Kier molecular flexibility index (Phi) is 2.16. The highest BCUT2D eigenvalue weighted by atomic mass is 127. The highest BCUT2D eigenvalue weighted by Gasteiger charge is 2.01. The molecule has 1 heterocycles. The zero-order valence-corrected chi connectivity index (χ0v) is 9.90. The number of hydrogen-bond acceptors (Lipinski definition) is 2. The van der Waals surface area contributed by atoms with Gasteiger partial charge in [0.15, 0.2) is 0 Å². The molecule has 0 spiro atoms. The summed E-state index contributed by atoms with van der Waals surface area (Å²) in [5.41, 5.74) is 2.94. The topological polar surface area (TPSA) is 12.9 Å². The van der Waals surface area contributed by atoms with Gasteiger partial charge in [0.1, 0.15) is 0 Å². The van der Waals surface area contributed by atoms with Crippen LogP contribution in [0, 0.1) is 3.57 Å². The summed E-state index contributed by atoms with van der Waals surface area (Å²) in [6.07, 6.45) is 0. The van der Waals surface area contributed by atoms with Crippen molar-refractivity contribution in [2.45, 2.75) is 0 Å². The molecule has 2 aromatic rings. The van der Waals surface area contributed by atoms with Gasteiger partial charge in [0, 0.05) is 8.04 Å². The van der Waals surface area contributed by atoms with E-state index in [0.29, 0.717) is 0 Å². The van der Waals surface area contributed by atoms with Crippen molar-refractivity contribution in [3.05, 3.63) is 25.7 Å². The van der Waals surface area contributed by atoms with Crippen molar-refractivity contribution < 1.29 is 0 Å². The number of benzene rings is 1. The van der Waals surface area contributed by atoms with Crippen LogP contribution in [0.2, 0.25) is 0 Å². The van der Waals surface area contributed by atoms with Crippen LogP contribution in [-0.4, -0.2) is 4.98 Å². The first-order chi connectivity index (χ1) is 5.27. The average molecular weight is 340 g/mol. The first kappa shape index (κ1) is 7.94. The van der Waals surface area contributed by atoms with Crippen molar-refractivity contribution >= 4 is 60.1 Å². The van der Waals surface area contributed by atoms with Crippen LogP contribution in [0.3, 0.4) is 0 Å². The van der Waals surface area contributed by atoms with Gasteiger partial charge in [0.2, 0.25) is 0 Å². The van der Waals surface area contributed by atoms with E-state index in [2.05, 4.69) is 55.6 Å². The molecule has 0 aliphatic carbocycles. The molecule has 0 bridgehead atoms. The van der Waals surface area contributed by atoms with Crippen molar-refractivity contribution in [2.24, 2.45) is 0 Å². The van der Waals surface area contributed by atoms with Crippen molar-refractivity contribution in [3.8, 4) is 0 Å². The van der Waals surface area contributed by atoms with Crippen molar-refractivity contribution in [3.63, 3.8) is 0 Å². The van der Waals surface area contributed by atoms with E-state index >= 15 is 0 Å². The Balaban J connectivity index is 2.91. The first-order valence-electron chi connectivity index (χ1n) is 2.95. The molecule has 11 heavy (non-hydrogen) atoms. The Morgan fingerprint density at radius 3 is 3.09 bits per heavy atom. The third-order valence-corrected chi connectivity index (χ3v) is 3.74. The van der Waals surface area contributed by atoms with Gasteiger partial charge in [-0.2, -0.15) is 0 Å². The molecule has 2 rings (SSSR count). The van der Waals surface area contributed by atoms with Crippen molar-refractivity contribution in [2.75, 3.05) is 0 Å². The lowest BCUT2D eigenvalue weighted by Crippen LogP contribution is -1.72. The maximum absolute atomic E-state index is 4.22. The van der Waals surface area contributed by atoms with Crippen LogP contribution in [0.5, 0.6) is 0 Å². The zero-order valence-electron chi connectivity index (χ0n) is 5.34. The van der Waals surface area contributed by atoms with Gasteiger partial charge < -0.3 is 0 Å². The predicted octanol–water partition coefficient (Wildman–Crippen LogP) is 3.66. The van der Waals surface area contributed by atoms with E-state index in [1.807, 2.05) is 5.51 Å². The molecule has 0 aliphatic rings. The summed E-state index contributed by atoms with van der Waals surface area (Å²) in [4.78, 5) is 4.22. The molecule has 1 nitrogen and oxygen atoms in total. The molecule has 56 valence electrons. The maximum Gasteiger partial charge on any atom is 0.0834 e. The number of hydrogen-bond donors (Lipinski definition) is 0. The second-order valence-corrected chi connectivity index (χ2v) is 5.04. The number of fused-ring (bicyclic) bond motifs is 1. The minimum Gasteiger partial charge on any atom is -0.245 e. The van der Waals surface area contributed by atoms with Crippen LogP contribution in [0.15, 0.2) is 22.1 Å². The summed E-state index contributed by atoms with van der Waals surface area (Å²) in [6.45, 7) is 0. The highest BCUT2D eigenvalue weighted by molar-refractivity contribution is 14.1. The molecule has 0 aliphatic heterocycles. The Bertz CT molecular complexity index is 398. The van der Waals surface area contributed by atoms with E-state index in [9.17, 15) is 0 Å². The summed E-state index contributed by atoms with van der Waals surface area (Å²) in [5.74, 6) is 0. The Labute approximate surface area is 90.1 Å². The Morgan fingerprint density at radius 1 is 1.45 bits per heavy atom. The highest BCUT2D eigenvalue weighted by Crippen LogP contribution is 2.28. The summed E-state index contributed by atoms with van der Waals surface area (Å²) in [6, 6.07) is 4.18. The number of thiazole rings is 1. The molecule has 0 fully saturated rings. The number of aromatic nitrogens is 1. The van der Waals surface area contributed by atoms with Crippen molar-refractivity contribution in [1.29, 1.82) is 0 Å². The third-order valence-electron chi connectivity index (χ3n) is 1.35. The van der Waals surface area contributed by atoms with Gasteiger partial charge in [-0.15, -0.1) is 11.3 Å². The lowest BCUT2D eigenvalue weighted by atomic mass is 10.3. The molecule has 0 saturated carbocycles. The fourth-order valence-electron chi connectivity index (χ4n) is 0.895. The minimum atomic E-state index is 1.08. The first-order valence-corrected chi connectivity index (χ1v) is 5.71. The van der Waals surface area contributed by atoms with Crippen LogP contribution >= 0.6 is 49.9 Å². The summed E-state index contributed by atoms with van der Waals surface area (Å²) in [7, 11) is 0. The van der Waals surface area contributed by atoms with Crippen molar-refractivity contribution in [1.82, 2.24) is 4.98 Å². The van der Waals surface area contributed by atoms with Gasteiger partial charge in [-0.05, 0) is 50.7 Å². The normalized spacial score (nSPS) is 10.7. The molecule has 0 saturated heterocycles. The monoisotopic (exact) mass is 339 g/mol. The van der Waals surface area contributed by atoms with E-state index in [4.69, 9.17) is 0 Å². The van der Waals surface area contributed by atoms with Gasteiger partial charge in [0.05, 0.1) is 15.7 Å². The van der Waals surface area contributed by atoms with E-state index in [0.717, 1.165) is 9.99 Å². The van der Waals surface area contributed by atoms with E-state index < -0.39 is 0 Å². The zero-order chi connectivity index (χ0) is 7.84. The number of halogens is 2. The average Bonchev–Trinajstić information content (AvgIpc) is 2.34. The molecule has 1 aromatic carbocycles. The van der Waals surface area contributed by atoms with Gasteiger partial charge in [0.25, 0.3) is 0 Å². The third kappa shape index (κ3) is 1.43. The van der Waals surface area contributed by atoms with Crippen LogP contribution in [0.25, 0.3) is 10.2 Å². The Hall–Kier alpha value is 0.320. The van der Waals surface area contributed by atoms with Crippen LogP contribution < -0.4 is 0 Å². The second kappa shape index (κ2) is 2.99. The lowest BCUT2D eigenvalue weighted by molar-refractivity contribution is 1.49. The predicted molar refractivity (Wildman–Crippen MR) is 60.0 cm³/mol. The van der Waals surface area contributed by atoms with Gasteiger partial charge in [-0.3, -0.25) is 0 Å². The molecule has 0 N–H and O–H groups in total. The maximum atomic E-state index is 4.22. The second-order valence-electron chi connectivity index (χ2n) is 2.09. The summed E-state index contributed by atoms with van der Waals surface area (Å²) in [5, 5.41) is 0. The largest absolute Gasteiger partial charge is 0.245 e. The molecule has 0 radical (unpaired) electrons. The standard InChI is InChI=1S/C7H3BrINS/c8-5-1-4(9)2-6-7(5)11-3-10-6/h1-3H. The minimum absolute atomic E-state index is 1.08. The van der Waals surface area contributed by atoms with Gasteiger partial charge >= 0.3 is 0 Å². The van der Waals surface area contributed by atoms with Crippen LogP contribution in [-0.2, 0) is 0 Å². The number of rotatable bonds is 0. The molecular formula is C7H3BrINS. The molecular weight excluding hydrogens is 337 g/mol. The van der Waals surface area contributed by atoms with Crippen LogP contribution in [0.4, 0.5) is 0 Å². The summed E-state index contributed by atoms with van der Waals surface area (Å²) >= 11 is 7.44. The fourth-order valence-corrected chi connectivity index (χ4v) is 3.34. The molecule has 1 aromatic heterocycles. The smallest absolute Gasteiger partial charge is 0.0834 e. The molecule has 4 heteroatoms. The quantitative estimate of drug-likeness (QED) is 0.667. The molecule has 0 unspecified atom stereocenters. The number of nitrogens with zero attached hydrogens (tertiary/aromatic N) is 1. The molecule has 0 atom stereocenters. The Morgan fingerprint density at radius 2 is 2.27 bits per heavy atom.